The highest BCUT2D eigenvalue weighted by Crippen LogP contribution is 2.53. The van der Waals surface area contributed by atoms with Crippen LogP contribution in [0.1, 0.15) is 24.1 Å². The van der Waals surface area contributed by atoms with Crippen LogP contribution in [0.5, 0.6) is 0 Å². The van der Waals surface area contributed by atoms with Crippen LogP contribution in [0, 0.1) is 0 Å². The van der Waals surface area contributed by atoms with E-state index in [1.165, 1.54) is 5.56 Å². The quantitative estimate of drug-likeness (QED) is 0.468. The van der Waals surface area contributed by atoms with E-state index in [0.717, 1.165) is 52.0 Å². The lowest BCUT2D eigenvalue weighted by Gasteiger charge is -2.16. The minimum atomic E-state index is -0.0711. The molecule has 0 spiro atoms. The molecule has 0 radical (unpaired) electrons. The maximum absolute atomic E-state index is 6.18. The SMILES string of the molecule is Cn1cc(-c2cnc3[nH]cc(-c4cc(C5(c6ccccc6)CC5)nc(N)n4)c3c2)cn1. The van der Waals surface area contributed by atoms with E-state index in [1.54, 1.807) is 4.68 Å². The zero-order chi connectivity index (χ0) is 21.0. The highest BCUT2D eigenvalue weighted by Gasteiger charge is 2.47. The summed E-state index contributed by atoms with van der Waals surface area (Å²) in [5.41, 5.74) is 13.0. The number of hydrogen-bond donors (Lipinski definition) is 2. The van der Waals surface area contributed by atoms with Gasteiger partial charge in [0.25, 0.3) is 0 Å². The summed E-state index contributed by atoms with van der Waals surface area (Å²) in [5, 5.41) is 5.27. The maximum atomic E-state index is 6.18. The number of nitrogen functional groups attached to an aromatic ring is 1. The van der Waals surface area contributed by atoms with Crippen molar-refractivity contribution in [1.29, 1.82) is 0 Å². The molecule has 6 rings (SSSR count). The Morgan fingerprint density at radius 1 is 1.03 bits per heavy atom. The molecule has 1 aliphatic rings. The molecule has 5 aromatic rings. The molecule has 1 fully saturated rings. The molecule has 0 unspecified atom stereocenters. The Morgan fingerprint density at radius 2 is 1.87 bits per heavy atom. The van der Waals surface area contributed by atoms with E-state index in [2.05, 4.69) is 61.4 Å². The minimum Gasteiger partial charge on any atom is -0.368 e. The number of aromatic amines is 1. The second-order valence-corrected chi connectivity index (χ2v) is 8.17. The number of pyridine rings is 1. The number of aryl methyl sites for hydroxylation is 1. The highest BCUT2D eigenvalue weighted by atomic mass is 15.2. The van der Waals surface area contributed by atoms with Crippen molar-refractivity contribution in [2.45, 2.75) is 18.3 Å². The average molecular weight is 407 g/mol. The van der Waals surface area contributed by atoms with Crippen molar-refractivity contribution in [2.75, 3.05) is 5.73 Å². The van der Waals surface area contributed by atoms with Crippen molar-refractivity contribution in [3.05, 3.63) is 78.5 Å². The van der Waals surface area contributed by atoms with Crippen LogP contribution in [0.25, 0.3) is 33.4 Å². The van der Waals surface area contributed by atoms with Crippen LogP contribution in [-0.4, -0.2) is 29.7 Å². The predicted molar refractivity (Wildman–Crippen MR) is 120 cm³/mol. The minimum absolute atomic E-state index is 0.0711. The van der Waals surface area contributed by atoms with Crippen LogP contribution in [0.3, 0.4) is 0 Å². The number of fused-ring (bicyclic) bond motifs is 1. The number of nitrogens with zero attached hydrogens (tertiary/aromatic N) is 5. The fourth-order valence-electron chi connectivity index (χ4n) is 4.37. The van der Waals surface area contributed by atoms with E-state index in [4.69, 9.17) is 5.73 Å². The average Bonchev–Trinajstić information content (AvgIpc) is 3.32. The van der Waals surface area contributed by atoms with Crippen LogP contribution in [-0.2, 0) is 12.5 Å². The van der Waals surface area contributed by atoms with Crippen LogP contribution in [0.2, 0.25) is 0 Å². The Kier molecular flexibility index (Phi) is 3.74. The molecule has 7 heteroatoms. The molecule has 1 saturated carbocycles. The first-order valence-corrected chi connectivity index (χ1v) is 10.3. The van der Waals surface area contributed by atoms with Gasteiger partial charge in [0.05, 0.1) is 17.6 Å². The van der Waals surface area contributed by atoms with Gasteiger partial charge in [0.2, 0.25) is 5.95 Å². The molecule has 0 aliphatic heterocycles. The van der Waals surface area contributed by atoms with Crippen LogP contribution in [0.15, 0.2) is 67.3 Å². The summed E-state index contributed by atoms with van der Waals surface area (Å²) in [4.78, 5) is 17.1. The van der Waals surface area contributed by atoms with E-state index in [-0.39, 0.29) is 5.41 Å². The molecule has 1 aromatic carbocycles. The first-order valence-electron chi connectivity index (χ1n) is 10.3. The van der Waals surface area contributed by atoms with Crippen molar-refractivity contribution in [3.8, 4) is 22.4 Å². The third-order valence-corrected chi connectivity index (χ3v) is 6.16. The van der Waals surface area contributed by atoms with Crippen LogP contribution < -0.4 is 5.73 Å². The van der Waals surface area contributed by atoms with Crippen molar-refractivity contribution in [2.24, 2.45) is 7.05 Å². The zero-order valence-corrected chi connectivity index (χ0v) is 17.1. The number of aromatic nitrogens is 6. The van der Waals surface area contributed by atoms with Gasteiger partial charge in [-0.25, -0.2) is 15.0 Å². The maximum Gasteiger partial charge on any atom is 0.220 e. The third-order valence-electron chi connectivity index (χ3n) is 6.16. The second kappa shape index (κ2) is 6.50. The Hall–Kier alpha value is -4.00. The zero-order valence-electron chi connectivity index (χ0n) is 17.1. The molecule has 0 bridgehead atoms. The first-order chi connectivity index (χ1) is 15.1. The summed E-state index contributed by atoms with van der Waals surface area (Å²) in [7, 11) is 1.91. The molecule has 7 nitrogen and oxygen atoms in total. The molecule has 0 amide bonds. The van der Waals surface area contributed by atoms with Crippen LogP contribution in [0.4, 0.5) is 5.95 Å². The number of hydrogen-bond acceptors (Lipinski definition) is 5. The molecule has 4 aromatic heterocycles. The van der Waals surface area contributed by atoms with Gasteiger partial charge in [-0.15, -0.1) is 0 Å². The number of rotatable bonds is 4. The molecule has 3 N–H and O–H groups in total. The van der Waals surface area contributed by atoms with Crippen molar-refractivity contribution in [3.63, 3.8) is 0 Å². The van der Waals surface area contributed by atoms with Crippen LogP contribution >= 0.6 is 0 Å². The van der Waals surface area contributed by atoms with Gasteiger partial charge in [-0.05, 0) is 30.5 Å². The largest absolute Gasteiger partial charge is 0.368 e. The molecule has 152 valence electrons. The van der Waals surface area contributed by atoms with Gasteiger partial charge in [-0.1, -0.05) is 30.3 Å². The van der Waals surface area contributed by atoms with Gasteiger partial charge in [-0.2, -0.15) is 5.10 Å². The highest BCUT2D eigenvalue weighted by molar-refractivity contribution is 5.95. The van der Waals surface area contributed by atoms with E-state index in [9.17, 15) is 0 Å². The van der Waals surface area contributed by atoms with Crippen molar-refractivity contribution in [1.82, 2.24) is 29.7 Å². The Bertz CT molecular complexity index is 1410. The summed E-state index contributed by atoms with van der Waals surface area (Å²) < 4.78 is 1.79. The lowest BCUT2D eigenvalue weighted by atomic mass is 9.91. The lowest BCUT2D eigenvalue weighted by molar-refractivity contribution is 0.768. The molecule has 1 aliphatic carbocycles. The number of nitrogens with one attached hydrogen (secondary N) is 1. The number of H-pyrrole nitrogens is 1. The van der Waals surface area contributed by atoms with E-state index >= 15 is 0 Å². The fourth-order valence-corrected chi connectivity index (χ4v) is 4.37. The smallest absolute Gasteiger partial charge is 0.220 e. The summed E-state index contributed by atoms with van der Waals surface area (Å²) in [6.45, 7) is 0. The molecule has 0 saturated heterocycles. The third kappa shape index (κ3) is 2.89. The topological polar surface area (TPSA) is 98.3 Å². The summed E-state index contributed by atoms with van der Waals surface area (Å²) in [6.07, 6.45) is 9.74. The summed E-state index contributed by atoms with van der Waals surface area (Å²) in [5.74, 6) is 0.292. The Labute approximate surface area is 179 Å². The molecular formula is C24H21N7. The van der Waals surface area contributed by atoms with Gasteiger partial charge in [0.15, 0.2) is 0 Å². The number of nitrogens with two attached hydrogens (primary N) is 1. The van der Waals surface area contributed by atoms with Gasteiger partial charge in [0.1, 0.15) is 5.65 Å². The monoisotopic (exact) mass is 407 g/mol. The van der Waals surface area contributed by atoms with Gasteiger partial charge >= 0.3 is 0 Å². The molecular weight excluding hydrogens is 386 g/mol. The molecule has 4 heterocycles. The number of benzene rings is 1. The van der Waals surface area contributed by atoms with Gasteiger partial charge < -0.3 is 10.7 Å². The molecule has 31 heavy (non-hydrogen) atoms. The first kappa shape index (κ1) is 17.8. The van der Waals surface area contributed by atoms with Gasteiger partial charge in [-0.3, -0.25) is 4.68 Å². The molecule has 0 atom stereocenters. The fraction of sp³-hybridized carbons (Fsp3) is 0.167. The Morgan fingerprint density at radius 3 is 2.61 bits per heavy atom. The Balaban J connectivity index is 1.48. The van der Waals surface area contributed by atoms with E-state index in [0.29, 0.717) is 5.95 Å². The van der Waals surface area contributed by atoms with Crippen molar-refractivity contribution >= 4 is 17.0 Å². The van der Waals surface area contributed by atoms with E-state index < -0.39 is 0 Å². The summed E-state index contributed by atoms with van der Waals surface area (Å²) >= 11 is 0. The van der Waals surface area contributed by atoms with Crippen molar-refractivity contribution < 1.29 is 0 Å². The predicted octanol–water partition coefficient (Wildman–Crippen LogP) is 4.08. The standard InChI is InChI=1S/C24H21N7/c1-31-14-16(12-28-31)15-9-18-19(13-27-22(18)26-11-15)20-10-21(30-23(25)29-20)24(7-8-24)17-5-3-2-4-6-17/h2-6,9-14H,7-8H2,1H3,(H,26,27)(H2,25,29,30). The normalized spacial score (nSPS) is 14.7. The van der Waals surface area contributed by atoms with Gasteiger partial charge in [0, 0.05) is 53.1 Å². The van der Waals surface area contributed by atoms with E-state index in [1.807, 2.05) is 37.9 Å². The second-order valence-electron chi connectivity index (χ2n) is 8.17. The summed E-state index contributed by atoms with van der Waals surface area (Å²) in [6, 6.07) is 14.7. The number of anilines is 1. The lowest BCUT2D eigenvalue weighted by Crippen LogP contribution is -2.13.